The predicted octanol–water partition coefficient (Wildman–Crippen LogP) is 5.21. The minimum Gasteiger partial charge on any atom is -0.361 e. The van der Waals surface area contributed by atoms with E-state index in [9.17, 15) is 4.79 Å². The molecule has 0 saturated carbocycles. The van der Waals surface area contributed by atoms with E-state index < -0.39 is 0 Å². The lowest BCUT2D eigenvalue weighted by Crippen LogP contribution is -2.29. The summed E-state index contributed by atoms with van der Waals surface area (Å²) >= 11 is 0. The Hall–Kier alpha value is -3.79. The summed E-state index contributed by atoms with van der Waals surface area (Å²) in [4.78, 5) is 19.4. The molecule has 1 amide bonds. The molecule has 0 saturated heterocycles. The van der Waals surface area contributed by atoms with Gasteiger partial charge in [-0.1, -0.05) is 66.7 Å². The molecule has 2 aromatic heterocycles. The molecule has 142 valence electrons. The topological polar surface area (TPSA) is 60.7 Å². The number of nitrogens with one attached hydrogen (secondary N) is 3. The van der Waals surface area contributed by atoms with Gasteiger partial charge < -0.3 is 15.3 Å². The zero-order valence-electron chi connectivity index (χ0n) is 15.9. The number of aromatic nitrogens is 2. The number of aromatic amines is 2. The van der Waals surface area contributed by atoms with Gasteiger partial charge in [-0.2, -0.15) is 0 Å². The maximum Gasteiger partial charge on any atom is 0.267 e. The zero-order valence-corrected chi connectivity index (χ0v) is 15.9. The monoisotopic (exact) mass is 379 g/mol. The van der Waals surface area contributed by atoms with Crippen LogP contribution in [0.4, 0.5) is 0 Å². The molecule has 0 aliphatic rings. The Morgan fingerprint density at radius 2 is 1.59 bits per heavy atom. The summed E-state index contributed by atoms with van der Waals surface area (Å²) in [5, 5.41) is 5.35. The maximum absolute atomic E-state index is 12.8. The second-order valence-corrected chi connectivity index (χ2v) is 7.23. The minimum atomic E-state index is -0.0954. The first-order valence-corrected chi connectivity index (χ1v) is 9.76. The Bertz CT molecular complexity index is 1250. The van der Waals surface area contributed by atoms with Gasteiger partial charge in [-0.3, -0.25) is 4.79 Å². The first-order chi connectivity index (χ1) is 14.3. The van der Waals surface area contributed by atoms with Gasteiger partial charge >= 0.3 is 0 Å². The zero-order chi connectivity index (χ0) is 19.6. The van der Waals surface area contributed by atoms with Crippen LogP contribution in [0.15, 0.2) is 91.1 Å². The summed E-state index contributed by atoms with van der Waals surface area (Å²) < 4.78 is 0. The van der Waals surface area contributed by atoms with Crippen molar-refractivity contribution in [1.29, 1.82) is 0 Å². The van der Waals surface area contributed by atoms with Crippen LogP contribution in [-0.2, 0) is 0 Å². The van der Waals surface area contributed by atoms with E-state index in [1.165, 1.54) is 16.5 Å². The van der Waals surface area contributed by atoms with Crippen LogP contribution in [0.1, 0.15) is 27.5 Å². The summed E-state index contributed by atoms with van der Waals surface area (Å²) in [5.74, 6) is -0.0392. The van der Waals surface area contributed by atoms with E-state index in [1.807, 2.05) is 60.7 Å². The largest absolute Gasteiger partial charge is 0.361 e. The minimum absolute atomic E-state index is 0.0562. The average Bonchev–Trinajstić information content (AvgIpc) is 3.39. The average molecular weight is 379 g/mol. The SMILES string of the molecule is O=C(NC[C@H](c1ccccc1)c1c[nH]c2ccccc12)c1cc2ccccc2[nH]1. The van der Waals surface area contributed by atoms with Gasteiger partial charge in [-0.15, -0.1) is 0 Å². The van der Waals surface area contributed by atoms with Gasteiger partial charge in [-0.05, 0) is 29.3 Å². The lowest BCUT2D eigenvalue weighted by atomic mass is 9.91. The Morgan fingerprint density at radius 3 is 2.41 bits per heavy atom. The summed E-state index contributed by atoms with van der Waals surface area (Å²) in [6, 6.07) is 28.4. The van der Waals surface area contributed by atoms with E-state index in [-0.39, 0.29) is 11.8 Å². The molecule has 0 aliphatic carbocycles. The highest BCUT2D eigenvalue weighted by atomic mass is 16.1. The van der Waals surface area contributed by atoms with Gasteiger partial charge in [0.15, 0.2) is 0 Å². The van der Waals surface area contributed by atoms with Crippen molar-refractivity contribution in [2.45, 2.75) is 5.92 Å². The number of H-pyrrole nitrogens is 2. The second kappa shape index (κ2) is 7.32. The molecule has 0 bridgehead atoms. The number of para-hydroxylation sites is 2. The Labute approximate surface area is 168 Å². The Balaban J connectivity index is 1.45. The molecular formula is C25H21N3O. The van der Waals surface area contributed by atoms with Gasteiger partial charge in [0.1, 0.15) is 5.69 Å². The number of benzene rings is 3. The summed E-state index contributed by atoms with van der Waals surface area (Å²) in [7, 11) is 0. The van der Waals surface area contributed by atoms with E-state index in [1.54, 1.807) is 0 Å². The standard InChI is InChI=1S/C25H21N3O/c29-25(24-14-18-10-4-6-12-22(18)28-24)27-15-20(17-8-2-1-3-9-17)21-16-26-23-13-7-5-11-19(21)23/h1-14,16,20,26,28H,15H2,(H,27,29)/t20-/m1/s1. The number of rotatable bonds is 5. The highest BCUT2D eigenvalue weighted by Crippen LogP contribution is 2.30. The highest BCUT2D eigenvalue weighted by molar-refractivity contribution is 5.98. The number of hydrogen-bond acceptors (Lipinski definition) is 1. The van der Waals surface area contributed by atoms with Gasteiger partial charge in [0.05, 0.1) is 0 Å². The van der Waals surface area contributed by atoms with Crippen LogP contribution < -0.4 is 5.32 Å². The van der Waals surface area contributed by atoms with Crippen LogP contribution in [0.25, 0.3) is 21.8 Å². The van der Waals surface area contributed by atoms with Gasteiger partial charge in [0, 0.05) is 40.5 Å². The van der Waals surface area contributed by atoms with Crippen molar-refractivity contribution in [3.8, 4) is 0 Å². The lowest BCUT2D eigenvalue weighted by molar-refractivity contribution is 0.0948. The second-order valence-electron chi connectivity index (χ2n) is 7.23. The fraction of sp³-hybridized carbons (Fsp3) is 0.0800. The molecule has 5 aromatic rings. The van der Waals surface area contributed by atoms with Crippen LogP contribution in [0.3, 0.4) is 0 Å². The summed E-state index contributed by atoms with van der Waals surface area (Å²) in [6.07, 6.45) is 2.05. The number of carbonyl (C=O) groups excluding carboxylic acids is 1. The van der Waals surface area contributed by atoms with Crippen molar-refractivity contribution in [1.82, 2.24) is 15.3 Å². The van der Waals surface area contributed by atoms with Crippen molar-refractivity contribution in [3.63, 3.8) is 0 Å². The molecule has 0 fully saturated rings. The number of carbonyl (C=O) groups is 1. The molecule has 4 nitrogen and oxygen atoms in total. The van der Waals surface area contributed by atoms with Crippen LogP contribution in [0.2, 0.25) is 0 Å². The van der Waals surface area contributed by atoms with Crippen LogP contribution >= 0.6 is 0 Å². The van der Waals surface area contributed by atoms with Crippen molar-refractivity contribution in [3.05, 3.63) is 108 Å². The summed E-state index contributed by atoms with van der Waals surface area (Å²) in [6.45, 7) is 0.514. The van der Waals surface area contributed by atoms with Gasteiger partial charge in [0.25, 0.3) is 5.91 Å². The van der Waals surface area contributed by atoms with E-state index in [2.05, 4.69) is 45.7 Å². The number of amides is 1. The Kier molecular flexibility index (Phi) is 4.37. The third-order valence-corrected chi connectivity index (χ3v) is 5.44. The predicted molar refractivity (Wildman–Crippen MR) is 117 cm³/mol. The fourth-order valence-electron chi connectivity index (χ4n) is 3.96. The number of fused-ring (bicyclic) bond motifs is 2. The van der Waals surface area contributed by atoms with E-state index >= 15 is 0 Å². The van der Waals surface area contributed by atoms with Gasteiger partial charge in [-0.25, -0.2) is 0 Å². The smallest absolute Gasteiger partial charge is 0.267 e. The molecule has 0 unspecified atom stereocenters. The Morgan fingerprint density at radius 1 is 0.862 bits per heavy atom. The molecule has 1 atom stereocenters. The molecule has 2 heterocycles. The third-order valence-electron chi connectivity index (χ3n) is 5.44. The van der Waals surface area contributed by atoms with Crippen LogP contribution in [0, 0.1) is 0 Å². The maximum atomic E-state index is 12.8. The van der Waals surface area contributed by atoms with Gasteiger partial charge in [0.2, 0.25) is 0 Å². The first-order valence-electron chi connectivity index (χ1n) is 9.76. The highest BCUT2D eigenvalue weighted by Gasteiger charge is 2.19. The first kappa shape index (κ1) is 17.3. The van der Waals surface area contributed by atoms with Crippen molar-refractivity contribution < 1.29 is 4.79 Å². The normalized spacial score (nSPS) is 12.3. The molecule has 0 aliphatic heterocycles. The lowest BCUT2D eigenvalue weighted by Gasteiger charge is -2.18. The molecule has 29 heavy (non-hydrogen) atoms. The fourth-order valence-corrected chi connectivity index (χ4v) is 3.96. The molecule has 0 radical (unpaired) electrons. The van der Waals surface area contributed by atoms with Crippen molar-refractivity contribution in [2.75, 3.05) is 6.54 Å². The molecule has 4 heteroatoms. The molecule has 3 aromatic carbocycles. The van der Waals surface area contributed by atoms with Crippen LogP contribution in [-0.4, -0.2) is 22.4 Å². The molecule has 3 N–H and O–H groups in total. The number of hydrogen-bond donors (Lipinski definition) is 3. The van der Waals surface area contributed by atoms with E-state index in [4.69, 9.17) is 0 Å². The molecule has 5 rings (SSSR count). The summed E-state index contributed by atoms with van der Waals surface area (Å²) in [5.41, 5.74) is 5.01. The van der Waals surface area contributed by atoms with E-state index in [0.717, 1.165) is 16.4 Å². The van der Waals surface area contributed by atoms with E-state index in [0.29, 0.717) is 12.2 Å². The van der Waals surface area contributed by atoms with Crippen molar-refractivity contribution >= 4 is 27.7 Å². The van der Waals surface area contributed by atoms with Crippen molar-refractivity contribution in [2.24, 2.45) is 0 Å². The molecule has 0 spiro atoms. The molecular weight excluding hydrogens is 358 g/mol. The third kappa shape index (κ3) is 3.29. The van der Waals surface area contributed by atoms with Crippen LogP contribution in [0.5, 0.6) is 0 Å². The quantitative estimate of drug-likeness (QED) is 0.386.